The molecule has 1 N–H and O–H groups in total. The highest BCUT2D eigenvalue weighted by Crippen LogP contribution is 2.21. The van der Waals surface area contributed by atoms with Crippen LogP contribution >= 0.6 is 0 Å². The SMILES string of the molecule is CCNCc1cc(C)nc2c(C)cccc12. The zero-order valence-electron chi connectivity index (χ0n) is 10.2. The van der Waals surface area contributed by atoms with Crippen LogP contribution in [0.3, 0.4) is 0 Å². The standard InChI is InChI=1S/C14H18N2/c1-4-15-9-12-8-11(3)16-14-10(2)6-5-7-13(12)14/h5-8,15H,4,9H2,1-3H3. The Hall–Kier alpha value is -1.41. The molecule has 0 bridgehead atoms. The predicted molar refractivity (Wildman–Crippen MR) is 68.6 cm³/mol. The van der Waals surface area contributed by atoms with E-state index in [1.807, 2.05) is 0 Å². The average molecular weight is 214 g/mol. The normalized spacial score (nSPS) is 10.9. The van der Waals surface area contributed by atoms with Crippen molar-refractivity contribution in [1.82, 2.24) is 10.3 Å². The summed E-state index contributed by atoms with van der Waals surface area (Å²) in [5, 5.41) is 4.65. The zero-order chi connectivity index (χ0) is 11.5. The van der Waals surface area contributed by atoms with Gasteiger partial charge in [0.2, 0.25) is 0 Å². The van der Waals surface area contributed by atoms with Gasteiger partial charge >= 0.3 is 0 Å². The smallest absolute Gasteiger partial charge is 0.0737 e. The maximum absolute atomic E-state index is 4.62. The number of aryl methyl sites for hydroxylation is 2. The van der Waals surface area contributed by atoms with Crippen LogP contribution in [0.4, 0.5) is 0 Å². The minimum absolute atomic E-state index is 0.916. The van der Waals surface area contributed by atoms with E-state index in [4.69, 9.17) is 0 Å². The van der Waals surface area contributed by atoms with Gasteiger partial charge in [0, 0.05) is 17.6 Å². The summed E-state index contributed by atoms with van der Waals surface area (Å²) >= 11 is 0. The highest BCUT2D eigenvalue weighted by atomic mass is 14.8. The molecule has 2 heteroatoms. The average Bonchev–Trinajstić information content (AvgIpc) is 2.27. The first-order valence-electron chi connectivity index (χ1n) is 5.79. The number of pyridine rings is 1. The van der Waals surface area contributed by atoms with Gasteiger partial charge in [-0.25, -0.2) is 0 Å². The second kappa shape index (κ2) is 4.62. The summed E-state index contributed by atoms with van der Waals surface area (Å²) < 4.78 is 0. The first-order valence-corrected chi connectivity index (χ1v) is 5.79. The van der Waals surface area contributed by atoms with E-state index in [-0.39, 0.29) is 0 Å². The van der Waals surface area contributed by atoms with E-state index in [0.717, 1.165) is 24.3 Å². The molecule has 1 heterocycles. The molecule has 0 spiro atoms. The summed E-state index contributed by atoms with van der Waals surface area (Å²) in [4.78, 5) is 4.62. The van der Waals surface area contributed by atoms with Crippen molar-refractivity contribution in [2.75, 3.05) is 6.54 Å². The van der Waals surface area contributed by atoms with Crippen molar-refractivity contribution in [3.8, 4) is 0 Å². The quantitative estimate of drug-likeness (QED) is 0.849. The highest BCUT2D eigenvalue weighted by Gasteiger charge is 2.05. The maximum atomic E-state index is 4.62. The summed E-state index contributed by atoms with van der Waals surface area (Å²) in [6, 6.07) is 8.54. The van der Waals surface area contributed by atoms with E-state index in [1.54, 1.807) is 0 Å². The molecule has 2 aromatic rings. The minimum atomic E-state index is 0.916. The van der Waals surface area contributed by atoms with Gasteiger partial charge < -0.3 is 5.32 Å². The molecule has 0 saturated carbocycles. The Labute approximate surface area is 96.7 Å². The molecule has 0 aliphatic rings. The third kappa shape index (κ3) is 2.07. The van der Waals surface area contributed by atoms with E-state index in [0.29, 0.717) is 0 Å². The molecule has 1 aromatic carbocycles. The molecule has 0 aliphatic heterocycles. The van der Waals surface area contributed by atoms with E-state index >= 15 is 0 Å². The molecule has 0 radical (unpaired) electrons. The molecule has 0 fully saturated rings. The number of fused-ring (bicyclic) bond motifs is 1. The first kappa shape index (κ1) is 11.1. The van der Waals surface area contributed by atoms with Crippen LogP contribution in [0.1, 0.15) is 23.7 Å². The first-order chi connectivity index (χ1) is 7.72. The summed E-state index contributed by atoms with van der Waals surface area (Å²) in [5.74, 6) is 0. The number of nitrogens with zero attached hydrogens (tertiary/aromatic N) is 1. The number of aromatic nitrogens is 1. The van der Waals surface area contributed by atoms with Crippen molar-refractivity contribution < 1.29 is 0 Å². The van der Waals surface area contributed by atoms with Gasteiger partial charge in [-0.05, 0) is 37.6 Å². The summed E-state index contributed by atoms with van der Waals surface area (Å²) in [7, 11) is 0. The lowest BCUT2D eigenvalue weighted by atomic mass is 10.0. The molecule has 0 amide bonds. The Bertz CT molecular complexity index is 503. The van der Waals surface area contributed by atoms with Crippen molar-refractivity contribution >= 4 is 10.9 Å². The van der Waals surface area contributed by atoms with Crippen LogP contribution in [0, 0.1) is 13.8 Å². The van der Waals surface area contributed by atoms with Crippen LogP contribution in [-0.4, -0.2) is 11.5 Å². The molecule has 0 atom stereocenters. The number of nitrogens with one attached hydrogen (secondary N) is 1. The minimum Gasteiger partial charge on any atom is -0.313 e. The predicted octanol–water partition coefficient (Wildman–Crippen LogP) is 2.96. The third-order valence-electron chi connectivity index (χ3n) is 2.82. The molecule has 2 rings (SSSR count). The Morgan fingerprint density at radius 3 is 2.81 bits per heavy atom. The number of hydrogen-bond donors (Lipinski definition) is 1. The second-order valence-corrected chi connectivity index (χ2v) is 4.17. The topological polar surface area (TPSA) is 24.9 Å². The van der Waals surface area contributed by atoms with Crippen molar-refractivity contribution in [2.24, 2.45) is 0 Å². The van der Waals surface area contributed by atoms with Gasteiger partial charge in [0.05, 0.1) is 5.52 Å². The van der Waals surface area contributed by atoms with Crippen LogP contribution in [-0.2, 0) is 6.54 Å². The van der Waals surface area contributed by atoms with Crippen molar-refractivity contribution in [3.63, 3.8) is 0 Å². The number of hydrogen-bond acceptors (Lipinski definition) is 2. The van der Waals surface area contributed by atoms with Gasteiger partial charge in [-0.2, -0.15) is 0 Å². The van der Waals surface area contributed by atoms with Crippen LogP contribution in [0.25, 0.3) is 10.9 Å². The van der Waals surface area contributed by atoms with E-state index < -0.39 is 0 Å². The molecule has 0 saturated heterocycles. The van der Waals surface area contributed by atoms with Crippen LogP contribution < -0.4 is 5.32 Å². The van der Waals surface area contributed by atoms with Gasteiger partial charge in [-0.1, -0.05) is 25.1 Å². The van der Waals surface area contributed by atoms with E-state index in [9.17, 15) is 0 Å². The lowest BCUT2D eigenvalue weighted by molar-refractivity contribution is 0.729. The fraction of sp³-hybridized carbons (Fsp3) is 0.357. The molecule has 1 aromatic heterocycles. The van der Waals surface area contributed by atoms with E-state index in [1.165, 1.54) is 16.5 Å². The van der Waals surface area contributed by atoms with Crippen molar-refractivity contribution in [3.05, 3.63) is 41.1 Å². The molecule has 84 valence electrons. The van der Waals surface area contributed by atoms with Gasteiger partial charge in [0.15, 0.2) is 0 Å². The van der Waals surface area contributed by atoms with Crippen LogP contribution in [0.5, 0.6) is 0 Å². The Morgan fingerprint density at radius 2 is 2.06 bits per heavy atom. The maximum Gasteiger partial charge on any atom is 0.0737 e. The third-order valence-corrected chi connectivity index (χ3v) is 2.82. The molecule has 16 heavy (non-hydrogen) atoms. The van der Waals surface area contributed by atoms with Gasteiger partial charge in [0.25, 0.3) is 0 Å². The summed E-state index contributed by atoms with van der Waals surface area (Å²) in [6.45, 7) is 8.21. The fourth-order valence-corrected chi connectivity index (χ4v) is 2.01. The van der Waals surface area contributed by atoms with Gasteiger partial charge in [-0.15, -0.1) is 0 Å². The Kier molecular flexibility index (Phi) is 3.20. The molecule has 2 nitrogen and oxygen atoms in total. The lowest BCUT2D eigenvalue weighted by Crippen LogP contribution is -2.12. The van der Waals surface area contributed by atoms with Crippen molar-refractivity contribution in [1.29, 1.82) is 0 Å². The molecule has 0 aliphatic carbocycles. The molecular formula is C14H18N2. The molecule has 0 unspecified atom stereocenters. The van der Waals surface area contributed by atoms with Crippen molar-refractivity contribution in [2.45, 2.75) is 27.3 Å². The highest BCUT2D eigenvalue weighted by molar-refractivity contribution is 5.85. The number of benzene rings is 1. The Balaban J connectivity index is 2.59. The number of rotatable bonds is 3. The largest absolute Gasteiger partial charge is 0.313 e. The van der Waals surface area contributed by atoms with Gasteiger partial charge in [0.1, 0.15) is 0 Å². The lowest BCUT2D eigenvalue weighted by Gasteiger charge is -2.09. The van der Waals surface area contributed by atoms with E-state index in [2.05, 4.69) is 55.3 Å². The fourth-order valence-electron chi connectivity index (χ4n) is 2.01. The zero-order valence-corrected chi connectivity index (χ0v) is 10.2. The number of para-hydroxylation sites is 1. The monoisotopic (exact) mass is 214 g/mol. The van der Waals surface area contributed by atoms with Crippen LogP contribution in [0.15, 0.2) is 24.3 Å². The van der Waals surface area contributed by atoms with Crippen LogP contribution in [0.2, 0.25) is 0 Å². The Morgan fingerprint density at radius 1 is 1.25 bits per heavy atom. The summed E-state index contributed by atoms with van der Waals surface area (Å²) in [6.07, 6.45) is 0. The molecular weight excluding hydrogens is 196 g/mol. The second-order valence-electron chi connectivity index (χ2n) is 4.17. The summed E-state index contributed by atoms with van der Waals surface area (Å²) in [5.41, 5.74) is 4.82. The van der Waals surface area contributed by atoms with Gasteiger partial charge in [-0.3, -0.25) is 4.98 Å².